The number of rotatable bonds is 4. The molecule has 0 spiro atoms. The highest BCUT2D eigenvalue weighted by Gasteiger charge is 2.23. The van der Waals surface area contributed by atoms with Crippen LogP contribution < -0.4 is 4.90 Å². The van der Waals surface area contributed by atoms with E-state index in [4.69, 9.17) is 12.2 Å². The van der Waals surface area contributed by atoms with Gasteiger partial charge in [-0.25, -0.2) is 5.10 Å². The Morgan fingerprint density at radius 1 is 1.56 bits per heavy atom. The van der Waals surface area contributed by atoms with Crippen LogP contribution in [0.5, 0.6) is 0 Å². The van der Waals surface area contributed by atoms with E-state index in [-0.39, 0.29) is 0 Å². The predicted octanol–water partition coefficient (Wildman–Crippen LogP) is 1.91. The number of aromatic nitrogens is 3. The smallest absolute Gasteiger partial charge is 0.225 e. The van der Waals surface area contributed by atoms with E-state index in [9.17, 15) is 0 Å². The third kappa shape index (κ3) is 2.75. The first-order chi connectivity index (χ1) is 8.49. The number of hydrogen-bond donors (Lipinski definition) is 1. The number of nitrogens with zero attached hydrogens (tertiary/aromatic N) is 4. The van der Waals surface area contributed by atoms with Crippen LogP contribution >= 0.6 is 12.2 Å². The van der Waals surface area contributed by atoms with Gasteiger partial charge in [-0.3, -0.25) is 4.57 Å². The number of hydrogen-bond acceptors (Lipinski definition) is 4. The van der Waals surface area contributed by atoms with Gasteiger partial charge in [-0.15, -0.1) is 5.10 Å². The van der Waals surface area contributed by atoms with Crippen LogP contribution in [0.1, 0.15) is 26.3 Å². The number of likely N-dealkylation sites (tertiary alicyclic amines) is 1. The molecule has 0 saturated carbocycles. The molecule has 1 saturated heterocycles. The average molecular weight is 269 g/mol. The molecule has 1 aliphatic heterocycles. The second-order valence-corrected chi connectivity index (χ2v) is 5.98. The summed E-state index contributed by atoms with van der Waals surface area (Å²) >= 11 is 5.28. The van der Waals surface area contributed by atoms with Gasteiger partial charge < -0.3 is 9.80 Å². The lowest BCUT2D eigenvalue weighted by Crippen LogP contribution is -2.29. The monoisotopic (exact) mass is 269 g/mol. The highest BCUT2D eigenvalue weighted by atomic mass is 32.1. The minimum absolute atomic E-state index is 0.333. The Hall–Kier alpha value is -0.880. The molecule has 2 heterocycles. The quantitative estimate of drug-likeness (QED) is 0.848. The van der Waals surface area contributed by atoms with Crippen LogP contribution in [0.3, 0.4) is 0 Å². The molecule has 1 aromatic rings. The maximum Gasteiger partial charge on any atom is 0.225 e. The molecule has 0 amide bonds. The second kappa shape index (κ2) is 5.40. The van der Waals surface area contributed by atoms with E-state index in [1.54, 1.807) is 0 Å². The third-order valence-corrected chi connectivity index (χ3v) is 3.85. The minimum Gasteiger partial charge on any atom is -0.344 e. The molecule has 1 fully saturated rings. The van der Waals surface area contributed by atoms with Gasteiger partial charge in [0.15, 0.2) is 4.77 Å². The Morgan fingerprint density at radius 3 is 2.83 bits per heavy atom. The Bertz CT molecular complexity index is 450. The summed E-state index contributed by atoms with van der Waals surface area (Å²) in [6.45, 7) is 7.68. The average Bonchev–Trinajstić information content (AvgIpc) is 2.84. The van der Waals surface area contributed by atoms with Gasteiger partial charge in [-0.2, -0.15) is 0 Å². The van der Waals surface area contributed by atoms with Crippen molar-refractivity contribution in [1.29, 1.82) is 0 Å². The van der Waals surface area contributed by atoms with Crippen LogP contribution in [0, 0.1) is 10.7 Å². The Morgan fingerprint density at radius 2 is 2.28 bits per heavy atom. The molecule has 5 nitrogen and oxygen atoms in total. The highest BCUT2D eigenvalue weighted by Crippen LogP contribution is 2.20. The molecule has 0 aliphatic carbocycles. The topological polar surface area (TPSA) is 40.1 Å². The lowest BCUT2D eigenvalue weighted by atomic mass is 10.1. The first kappa shape index (κ1) is 13.5. The summed E-state index contributed by atoms with van der Waals surface area (Å²) in [5, 5.41) is 7.25. The molecule has 1 unspecified atom stereocenters. The normalized spacial score (nSPS) is 20.8. The largest absolute Gasteiger partial charge is 0.344 e. The summed E-state index contributed by atoms with van der Waals surface area (Å²) < 4.78 is 2.78. The van der Waals surface area contributed by atoms with Crippen molar-refractivity contribution in [2.24, 2.45) is 5.92 Å². The molecule has 1 aromatic heterocycles. The Kier molecular flexibility index (Phi) is 4.07. The molecule has 1 N–H and O–H groups in total. The first-order valence-electron chi connectivity index (χ1n) is 6.55. The SMILES string of the molecule is CC(C)n1c(N(C)CC2CCN(C)C2)n[nH]c1=S. The Balaban J connectivity index is 2.09. The summed E-state index contributed by atoms with van der Waals surface area (Å²) in [4.78, 5) is 4.61. The molecule has 102 valence electrons. The zero-order valence-corrected chi connectivity index (χ0v) is 12.5. The number of aromatic amines is 1. The standard InChI is InChI=1S/C12H23N5S/c1-9(2)17-11(13-14-12(17)18)16(4)8-10-5-6-15(3)7-10/h9-10H,5-8H2,1-4H3,(H,14,18). The second-order valence-electron chi connectivity index (χ2n) is 5.59. The van der Waals surface area contributed by atoms with Gasteiger partial charge >= 0.3 is 0 Å². The molecule has 2 rings (SSSR count). The van der Waals surface area contributed by atoms with Crippen molar-refractivity contribution >= 4 is 18.2 Å². The lowest BCUT2D eigenvalue weighted by Gasteiger charge is -2.23. The molecule has 0 aromatic carbocycles. The molecular weight excluding hydrogens is 246 g/mol. The maximum absolute atomic E-state index is 5.28. The van der Waals surface area contributed by atoms with Gasteiger partial charge in [0.1, 0.15) is 0 Å². The zero-order valence-electron chi connectivity index (χ0n) is 11.7. The summed E-state index contributed by atoms with van der Waals surface area (Å²) in [6, 6.07) is 0.333. The number of nitrogens with one attached hydrogen (secondary N) is 1. The lowest BCUT2D eigenvalue weighted by molar-refractivity contribution is 0.395. The van der Waals surface area contributed by atoms with Crippen molar-refractivity contribution < 1.29 is 0 Å². The van der Waals surface area contributed by atoms with E-state index in [2.05, 4.69) is 52.5 Å². The van der Waals surface area contributed by atoms with Crippen molar-refractivity contribution in [2.45, 2.75) is 26.3 Å². The van der Waals surface area contributed by atoms with Crippen molar-refractivity contribution in [3.05, 3.63) is 4.77 Å². The van der Waals surface area contributed by atoms with E-state index < -0.39 is 0 Å². The van der Waals surface area contributed by atoms with Crippen LogP contribution in [0.4, 0.5) is 5.95 Å². The fourth-order valence-electron chi connectivity index (χ4n) is 2.68. The van der Waals surface area contributed by atoms with Crippen LogP contribution in [0.15, 0.2) is 0 Å². The molecule has 1 atom stereocenters. The number of anilines is 1. The van der Waals surface area contributed by atoms with Crippen molar-refractivity contribution in [3.63, 3.8) is 0 Å². The summed E-state index contributed by atoms with van der Waals surface area (Å²) in [5.41, 5.74) is 0. The molecule has 18 heavy (non-hydrogen) atoms. The fraction of sp³-hybridized carbons (Fsp3) is 0.833. The predicted molar refractivity (Wildman–Crippen MR) is 76.7 cm³/mol. The summed E-state index contributed by atoms with van der Waals surface area (Å²) in [5.74, 6) is 1.68. The van der Waals surface area contributed by atoms with E-state index >= 15 is 0 Å². The highest BCUT2D eigenvalue weighted by molar-refractivity contribution is 7.71. The number of H-pyrrole nitrogens is 1. The third-order valence-electron chi connectivity index (χ3n) is 3.56. The van der Waals surface area contributed by atoms with Gasteiger partial charge in [0.25, 0.3) is 0 Å². The van der Waals surface area contributed by atoms with Crippen molar-refractivity contribution in [1.82, 2.24) is 19.7 Å². The van der Waals surface area contributed by atoms with E-state index in [1.165, 1.54) is 19.5 Å². The van der Waals surface area contributed by atoms with Crippen LogP contribution in [0.25, 0.3) is 0 Å². The van der Waals surface area contributed by atoms with Gasteiger partial charge in [0, 0.05) is 26.2 Å². The van der Waals surface area contributed by atoms with Crippen LogP contribution in [0.2, 0.25) is 0 Å². The first-order valence-corrected chi connectivity index (χ1v) is 6.96. The van der Waals surface area contributed by atoms with Gasteiger partial charge in [0.05, 0.1) is 0 Å². The van der Waals surface area contributed by atoms with Gasteiger partial charge in [-0.1, -0.05) is 0 Å². The van der Waals surface area contributed by atoms with Gasteiger partial charge in [-0.05, 0) is 52.0 Å². The maximum atomic E-state index is 5.28. The van der Waals surface area contributed by atoms with E-state index in [0.717, 1.165) is 18.4 Å². The van der Waals surface area contributed by atoms with E-state index in [1.807, 2.05) is 0 Å². The van der Waals surface area contributed by atoms with Crippen LogP contribution in [-0.4, -0.2) is 53.4 Å². The van der Waals surface area contributed by atoms with Crippen molar-refractivity contribution in [3.8, 4) is 0 Å². The molecular formula is C12H23N5S. The summed E-state index contributed by atoms with van der Waals surface area (Å²) in [6.07, 6.45) is 1.27. The fourth-order valence-corrected chi connectivity index (χ4v) is 3.01. The molecule has 6 heteroatoms. The van der Waals surface area contributed by atoms with Gasteiger partial charge in [0.2, 0.25) is 5.95 Å². The molecule has 0 radical (unpaired) electrons. The molecule has 0 bridgehead atoms. The van der Waals surface area contributed by atoms with Crippen LogP contribution in [-0.2, 0) is 0 Å². The summed E-state index contributed by atoms with van der Waals surface area (Å²) in [7, 11) is 4.28. The van der Waals surface area contributed by atoms with E-state index in [0.29, 0.717) is 10.8 Å². The minimum atomic E-state index is 0.333. The van der Waals surface area contributed by atoms with Crippen molar-refractivity contribution in [2.75, 3.05) is 38.6 Å². The zero-order chi connectivity index (χ0) is 13.3. The molecule has 1 aliphatic rings. The Labute approximate surface area is 114 Å².